The van der Waals surface area contributed by atoms with Gasteiger partial charge in [-0.2, -0.15) is 0 Å². The van der Waals surface area contributed by atoms with Crippen molar-refractivity contribution in [1.29, 1.82) is 0 Å². The number of aromatic nitrogens is 1. The van der Waals surface area contributed by atoms with Crippen molar-refractivity contribution >= 4 is 38.2 Å². The SMILES string of the molecule is O=C(NCC#CCOc1cccc2ccccc12)c1ccc2ncsc2c1. The van der Waals surface area contributed by atoms with Crippen LogP contribution < -0.4 is 10.1 Å². The third-order valence-corrected chi connectivity index (χ3v) is 4.90. The molecule has 27 heavy (non-hydrogen) atoms. The molecule has 0 aliphatic heterocycles. The lowest BCUT2D eigenvalue weighted by atomic mass is 10.1. The molecule has 4 rings (SSSR count). The van der Waals surface area contributed by atoms with Gasteiger partial charge in [0, 0.05) is 10.9 Å². The first-order valence-corrected chi connectivity index (χ1v) is 9.37. The van der Waals surface area contributed by atoms with Crippen LogP contribution in [0.25, 0.3) is 21.0 Å². The van der Waals surface area contributed by atoms with Gasteiger partial charge in [0.25, 0.3) is 5.91 Å². The standard InChI is InChI=1S/C22H16N2O2S/c25-22(17-10-11-19-21(14-17)27-15-24-19)23-12-3-4-13-26-20-9-5-7-16-6-1-2-8-18(16)20/h1-2,5-11,14-15H,12-13H2,(H,23,25). The Kier molecular flexibility index (Phi) is 4.99. The van der Waals surface area contributed by atoms with Crippen LogP contribution in [0.15, 0.2) is 66.2 Å². The Bertz CT molecular complexity index is 1170. The molecule has 3 aromatic carbocycles. The lowest BCUT2D eigenvalue weighted by molar-refractivity contribution is 0.0959. The number of rotatable bonds is 4. The van der Waals surface area contributed by atoms with E-state index in [1.54, 1.807) is 11.6 Å². The van der Waals surface area contributed by atoms with Crippen LogP contribution in [-0.4, -0.2) is 24.0 Å². The number of nitrogens with zero attached hydrogens (tertiary/aromatic N) is 1. The first-order chi connectivity index (χ1) is 13.3. The van der Waals surface area contributed by atoms with Gasteiger partial charge in [-0.05, 0) is 29.7 Å². The number of fused-ring (bicyclic) bond motifs is 2. The smallest absolute Gasteiger partial charge is 0.252 e. The molecule has 0 bridgehead atoms. The van der Waals surface area contributed by atoms with Crippen LogP contribution in [0.5, 0.6) is 5.75 Å². The van der Waals surface area contributed by atoms with Crippen molar-refractivity contribution in [2.45, 2.75) is 0 Å². The van der Waals surface area contributed by atoms with Gasteiger partial charge in [0.2, 0.25) is 0 Å². The number of carbonyl (C=O) groups is 1. The lowest BCUT2D eigenvalue weighted by Crippen LogP contribution is -2.23. The average Bonchev–Trinajstić information content (AvgIpc) is 3.18. The Labute approximate surface area is 160 Å². The number of benzene rings is 3. The predicted molar refractivity (Wildman–Crippen MR) is 109 cm³/mol. The molecule has 132 valence electrons. The van der Waals surface area contributed by atoms with E-state index < -0.39 is 0 Å². The topological polar surface area (TPSA) is 51.2 Å². The van der Waals surface area contributed by atoms with Gasteiger partial charge in [0.1, 0.15) is 12.4 Å². The lowest BCUT2D eigenvalue weighted by Gasteiger charge is -2.06. The van der Waals surface area contributed by atoms with E-state index in [0.717, 1.165) is 26.7 Å². The van der Waals surface area contributed by atoms with Crippen molar-refractivity contribution < 1.29 is 9.53 Å². The number of amides is 1. The van der Waals surface area contributed by atoms with E-state index in [1.807, 2.05) is 54.6 Å². The van der Waals surface area contributed by atoms with Gasteiger partial charge in [-0.25, -0.2) is 4.98 Å². The summed E-state index contributed by atoms with van der Waals surface area (Å²) in [6.45, 7) is 0.551. The largest absolute Gasteiger partial charge is 0.480 e. The molecule has 1 N–H and O–H groups in total. The van der Waals surface area contributed by atoms with Crippen molar-refractivity contribution in [2.75, 3.05) is 13.2 Å². The summed E-state index contributed by atoms with van der Waals surface area (Å²) < 4.78 is 6.76. The maximum atomic E-state index is 12.2. The zero-order valence-corrected chi connectivity index (χ0v) is 15.3. The minimum atomic E-state index is -0.144. The molecule has 0 aliphatic rings. The molecule has 0 saturated heterocycles. The Morgan fingerprint density at radius 1 is 1.07 bits per heavy atom. The summed E-state index contributed by atoms with van der Waals surface area (Å²) in [7, 11) is 0. The highest BCUT2D eigenvalue weighted by Crippen LogP contribution is 2.24. The minimum absolute atomic E-state index is 0.144. The highest BCUT2D eigenvalue weighted by Gasteiger charge is 2.06. The van der Waals surface area contributed by atoms with E-state index in [4.69, 9.17) is 4.74 Å². The van der Waals surface area contributed by atoms with E-state index in [0.29, 0.717) is 5.56 Å². The molecule has 4 aromatic rings. The van der Waals surface area contributed by atoms with Gasteiger partial charge >= 0.3 is 0 Å². The first kappa shape index (κ1) is 17.1. The summed E-state index contributed by atoms with van der Waals surface area (Å²) in [5, 5.41) is 5.00. The second-order valence-corrected chi connectivity index (χ2v) is 6.72. The molecule has 0 radical (unpaired) electrons. The molecular formula is C22H16N2O2S. The fourth-order valence-corrected chi connectivity index (χ4v) is 3.49. The molecule has 0 aliphatic carbocycles. The van der Waals surface area contributed by atoms with Crippen LogP contribution in [0.3, 0.4) is 0 Å². The van der Waals surface area contributed by atoms with Crippen molar-refractivity contribution in [2.24, 2.45) is 0 Å². The van der Waals surface area contributed by atoms with E-state index in [1.165, 1.54) is 11.3 Å². The van der Waals surface area contributed by atoms with Crippen LogP contribution in [0.2, 0.25) is 0 Å². The predicted octanol–water partition coefficient (Wildman–Crippen LogP) is 4.26. The summed E-state index contributed by atoms with van der Waals surface area (Å²) in [5.41, 5.74) is 3.29. The maximum Gasteiger partial charge on any atom is 0.252 e. The number of nitrogens with one attached hydrogen (secondary N) is 1. The monoisotopic (exact) mass is 372 g/mol. The van der Waals surface area contributed by atoms with Crippen LogP contribution >= 0.6 is 11.3 Å². The summed E-state index contributed by atoms with van der Waals surface area (Å²) in [6, 6.07) is 19.5. The van der Waals surface area contributed by atoms with E-state index in [-0.39, 0.29) is 19.1 Å². The molecule has 0 fully saturated rings. The molecule has 1 amide bonds. The van der Waals surface area contributed by atoms with E-state index in [9.17, 15) is 4.79 Å². The van der Waals surface area contributed by atoms with E-state index >= 15 is 0 Å². The molecule has 0 unspecified atom stereocenters. The summed E-state index contributed by atoms with van der Waals surface area (Å²) in [5.74, 6) is 6.52. The Morgan fingerprint density at radius 2 is 1.96 bits per heavy atom. The number of ether oxygens (including phenoxy) is 1. The van der Waals surface area contributed by atoms with Crippen LogP contribution in [0.4, 0.5) is 0 Å². The zero-order valence-electron chi connectivity index (χ0n) is 14.4. The average molecular weight is 372 g/mol. The normalized spacial score (nSPS) is 10.4. The Hall–Kier alpha value is -3.36. The van der Waals surface area contributed by atoms with Crippen LogP contribution in [-0.2, 0) is 0 Å². The molecule has 1 heterocycles. The molecule has 0 spiro atoms. The number of thiazole rings is 1. The van der Waals surface area contributed by atoms with Gasteiger partial charge in [-0.1, -0.05) is 48.2 Å². The summed E-state index contributed by atoms with van der Waals surface area (Å²) >= 11 is 1.52. The van der Waals surface area contributed by atoms with E-state index in [2.05, 4.69) is 22.1 Å². The maximum absolute atomic E-state index is 12.2. The third-order valence-electron chi connectivity index (χ3n) is 4.11. The highest BCUT2D eigenvalue weighted by atomic mass is 32.1. The number of carbonyl (C=O) groups excluding carboxylic acids is 1. The van der Waals surface area contributed by atoms with Crippen molar-refractivity contribution in [3.8, 4) is 17.6 Å². The van der Waals surface area contributed by atoms with Crippen molar-refractivity contribution in [3.63, 3.8) is 0 Å². The fourth-order valence-electron chi connectivity index (χ4n) is 2.77. The molecule has 0 atom stereocenters. The van der Waals surface area contributed by atoms with Crippen LogP contribution in [0, 0.1) is 11.8 Å². The third kappa shape index (κ3) is 3.91. The molecular weight excluding hydrogens is 356 g/mol. The number of hydrogen-bond donors (Lipinski definition) is 1. The van der Waals surface area contributed by atoms with Crippen LogP contribution in [0.1, 0.15) is 10.4 Å². The minimum Gasteiger partial charge on any atom is -0.480 e. The summed E-state index contributed by atoms with van der Waals surface area (Å²) in [6.07, 6.45) is 0. The molecule has 4 nitrogen and oxygen atoms in total. The number of hydrogen-bond acceptors (Lipinski definition) is 4. The molecule has 0 saturated carbocycles. The van der Waals surface area contributed by atoms with Gasteiger partial charge < -0.3 is 10.1 Å². The van der Waals surface area contributed by atoms with Gasteiger partial charge in [-0.15, -0.1) is 11.3 Å². The Balaban J connectivity index is 1.31. The van der Waals surface area contributed by atoms with Crippen molar-refractivity contribution in [1.82, 2.24) is 10.3 Å². The van der Waals surface area contributed by atoms with Gasteiger partial charge in [0.15, 0.2) is 0 Å². The van der Waals surface area contributed by atoms with Gasteiger partial charge in [-0.3, -0.25) is 4.79 Å². The molecule has 5 heteroatoms. The Morgan fingerprint density at radius 3 is 2.93 bits per heavy atom. The highest BCUT2D eigenvalue weighted by molar-refractivity contribution is 7.16. The quantitative estimate of drug-likeness (QED) is 0.545. The second-order valence-electron chi connectivity index (χ2n) is 5.84. The summed E-state index contributed by atoms with van der Waals surface area (Å²) in [4.78, 5) is 16.4. The second kappa shape index (κ2) is 7.90. The fraction of sp³-hybridized carbons (Fsp3) is 0.0909. The molecule has 1 aromatic heterocycles. The van der Waals surface area contributed by atoms with Crippen molar-refractivity contribution in [3.05, 3.63) is 71.7 Å². The zero-order chi connectivity index (χ0) is 18.5. The first-order valence-electron chi connectivity index (χ1n) is 8.49. The van der Waals surface area contributed by atoms with Gasteiger partial charge in [0.05, 0.1) is 22.3 Å².